The first kappa shape index (κ1) is 16.3. The topological polar surface area (TPSA) is 33.2 Å². The number of carbonyl (C=O) groups is 1. The van der Waals surface area contributed by atoms with Crippen molar-refractivity contribution in [2.45, 2.75) is 50.5 Å². The van der Waals surface area contributed by atoms with Crippen LogP contribution < -0.4 is 0 Å². The van der Waals surface area contributed by atoms with Gasteiger partial charge in [0.05, 0.1) is 6.04 Å². The molecule has 3 nitrogen and oxygen atoms in total. The normalized spacial score (nSPS) is 26.6. The van der Waals surface area contributed by atoms with Crippen molar-refractivity contribution >= 4 is 5.91 Å². The van der Waals surface area contributed by atoms with E-state index in [4.69, 9.17) is 0 Å². The number of carbonyl (C=O) groups excluding carboxylic acids is 1. The molecule has 2 aromatic rings. The zero-order chi connectivity index (χ0) is 17.1. The lowest BCUT2D eigenvalue weighted by atomic mass is 9.70. The average Bonchev–Trinajstić information content (AvgIpc) is 2.88. The standard InChI is InChI=1S/C22H26N2O/c25-22(20-15-19(16-20)17-7-3-1-4-8-17)24-14-6-2-5-9-21(24)18-10-12-23-13-11-18/h1,3-4,7-8,10-13,19-21H,2,5-6,9,14-16H2. The van der Waals surface area contributed by atoms with Crippen LogP contribution >= 0.6 is 0 Å². The van der Waals surface area contributed by atoms with E-state index >= 15 is 0 Å². The summed E-state index contributed by atoms with van der Waals surface area (Å²) >= 11 is 0. The second-order valence-corrected chi connectivity index (χ2v) is 7.45. The Morgan fingerprint density at radius 1 is 0.920 bits per heavy atom. The van der Waals surface area contributed by atoms with Crippen LogP contribution in [0.5, 0.6) is 0 Å². The predicted octanol–water partition coefficient (Wildman–Crippen LogP) is 4.72. The van der Waals surface area contributed by atoms with Crippen LogP contribution in [0.25, 0.3) is 0 Å². The molecule has 1 aliphatic heterocycles. The number of nitrogens with zero attached hydrogens (tertiary/aromatic N) is 2. The van der Waals surface area contributed by atoms with E-state index in [-0.39, 0.29) is 12.0 Å². The van der Waals surface area contributed by atoms with E-state index < -0.39 is 0 Å². The molecule has 3 heteroatoms. The van der Waals surface area contributed by atoms with E-state index in [1.165, 1.54) is 24.0 Å². The van der Waals surface area contributed by atoms with Gasteiger partial charge < -0.3 is 4.90 Å². The Morgan fingerprint density at radius 2 is 1.68 bits per heavy atom. The fourth-order valence-electron chi connectivity index (χ4n) is 4.36. The summed E-state index contributed by atoms with van der Waals surface area (Å²) in [6.45, 7) is 0.901. The third kappa shape index (κ3) is 3.46. The van der Waals surface area contributed by atoms with Gasteiger partial charge in [0.2, 0.25) is 5.91 Å². The highest BCUT2D eigenvalue weighted by atomic mass is 16.2. The fourth-order valence-corrected chi connectivity index (χ4v) is 4.36. The van der Waals surface area contributed by atoms with Gasteiger partial charge in [-0.05, 0) is 54.9 Å². The van der Waals surface area contributed by atoms with Crippen LogP contribution in [-0.2, 0) is 4.79 Å². The molecule has 2 aliphatic rings. The van der Waals surface area contributed by atoms with Crippen LogP contribution in [-0.4, -0.2) is 22.3 Å². The molecular formula is C22H26N2O. The summed E-state index contributed by atoms with van der Waals surface area (Å²) in [5, 5.41) is 0. The molecule has 1 unspecified atom stereocenters. The van der Waals surface area contributed by atoms with Gasteiger partial charge >= 0.3 is 0 Å². The van der Waals surface area contributed by atoms with Crippen molar-refractivity contribution < 1.29 is 4.79 Å². The Morgan fingerprint density at radius 3 is 2.44 bits per heavy atom. The summed E-state index contributed by atoms with van der Waals surface area (Å²) in [6.07, 6.45) is 10.3. The van der Waals surface area contributed by atoms with Gasteiger partial charge in [0.1, 0.15) is 0 Å². The molecule has 130 valence electrons. The number of pyridine rings is 1. The maximum Gasteiger partial charge on any atom is 0.226 e. The Hall–Kier alpha value is -2.16. The smallest absolute Gasteiger partial charge is 0.226 e. The molecule has 1 saturated heterocycles. The van der Waals surface area contributed by atoms with Gasteiger partial charge in [-0.15, -0.1) is 0 Å². The highest BCUT2D eigenvalue weighted by Gasteiger charge is 2.39. The van der Waals surface area contributed by atoms with Gasteiger partial charge in [-0.2, -0.15) is 0 Å². The van der Waals surface area contributed by atoms with Crippen LogP contribution in [0.3, 0.4) is 0 Å². The summed E-state index contributed by atoms with van der Waals surface area (Å²) in [5.41, 5.74) is 2.62. The predicted molar refractivity (Wildman–Crippen MR) is 99.1 cm³/mol. The van der Waals surface area contributed by atoms with E-state index in [0.29, 0.717) is 11.8 Å². The van der Waals surface area contributed by atoms with Gasteiger partial charge in [-0.1, -0.05) is 43.2 Å². The molecule has 4 rings (SSSR count). The number of hydrogen-bond acceptors (Lipinski definition) is 2. The minimum atomic E-state index is 0.202. The number of amides is 1. The molecule has 1 amide bonds. The van der Waals surface area contributed by atoms with Crippen LogP contribution in [0, 0.1) is 5.92 Å². The van der Waals surface area contributed by atoms with Crippen molar-refractivity contribution in [3.63, 3.8) is 0 Å². The van der Waals surface area contributed by atoms with Crippen molar-refractivity contribution in [3.8, 4) is 0 Å². The SMILES string of the molecule is O=C(C1CC(c2ccccc2)C1)N1CCCCCC1c1ccncc1. The molecule has 2 fully saturated rings. The first-order chi connectivity index (χ1) is 12.3. The molecule has 1 saturated carbocycles. The lowest BCUT2D eigenvalue weighted by molar-refractivity contribution is -0.141. The van der Waals surface area contributed by atoms with E-state index in [9.17, 15) is 4.79 Å². The second kappa shape index (κ2) is 7.38. The zero-order valence-electron chi connectivity index (χ0n) is 14.7. The zero-order valence-corrected chi connectivity index (χ0v) is 14.7. The minimum Gasteiger partial charge on any atom is -0.335 e. The van der Waals surface area contributed by atoms with Crippen LogP contribution in [0.2, 0.25) is 0 Å². The Bertz CT molecular complexity index is 694. The highest BCUT2D eigenvalue weighted by Crippen LogP contribution is 2.44. The number of aromatic nitrogens is 1. The third-order valence-corrected chi connectivity index (χ3v) is 5.89. The highest BCUT2D eigenvalue weighted by molar-refractivity contribution is 5.80. The summed E-state index contributed by atoms with van der Waals surface area (Å²) < 4.78 is 0. The number of rotatable bonds is 3. The van der Waals surface area contributed by atoms with E-state index in [0.717, 1.165) is 32.2 Å². The summed E-state index contributed by atoms with van der Waals surface area (Å²) in [7, 11) is 0. The maximum absolute atomic E-state index is 13.2. The quantitative estimate of drug-likeness (QED) is 0.814. The van der Waals surface area contributed by atoms with Gasteiger partial charge in [-0.25, -0.2) is 0 Å². The van der Waals surface area contributed by atoms with E-state index in [1.807, 2.05) is 12.4 Å². The van der Waals surface area contributed by atoms with Gasteiger partial charge in [-0.3, -0.25) is 9.78 Å². The fraction of sp³-hybridized carbons (Fsp3) is 0.455. The molecule has 25 heavy (non-hydrogen) atoms. The summed E-state index contributed by atoms with van der Waals surface area (Å²) in [6, 6.07) is 15.0. The summed E-state index contributed by atoms with van der Waals surface area (Å²) in [4.78, 5) is 19.5. The molecule has 1 aliphatic carbocycles. The first-order valence-corrected chi connectivity index (χ1v) is 9.58. The third-order valence-electron chi connectivity index (χ3n) is 5.89. The Labute approximate surface area is 150 Å². The molecule has 1 atom stereocenters. The Kier molecular flexibility index (Phi) is 4.82. The largest absolute Gasteiger partial charge is 0.335 e. The monoisotopic (exact) mass is 334 g/mol. The molecule has 1 aromatic heterocycles. The summed E-state index contributed by atoms with van der Waals surface area (Å²) in [5.74, 6) is 1.13. The van der Waals surface area contributed by atoms with Gasteiger partial charge in [0.25, 0.3) is 0 Å². The van der Waals surface area contributed by atoms with Crippen molar-refractivity contribution in [2.24, 2.45) is 5.92 Å². The maximum atomic E-state index is 13.2. The molecule has 2 heterocycles. The average molecular weight is 334 g/mol. The van der Waals surface area contributed by atoms with E-state index in [2.05, 4.69) is 52.3 Å². The van der Waals surface area contributed by atoms with Crippen molar-refractivity contribution in [2.75, 3.05) is 6.54 Å². The van der Waals surface area contributed by atoms with Crippen molar-refractivity contribution in [1.29, 1.82) is 0 Å². The Balaban J connectivity index is 1.46. The number of likely N-dealkylation sites (tertiary alicyclic amines) is 1. The lowest BCUT2D eigenvalue weighted by Crippen LogP contribution is -2.43. The van der Waals surface area contributed by atoms with Crippen molar-refractivity contribution in [1.82, 2.24) is 9.88 Å². The molecule has 0 spiro atoms. The molecule has 0 bridgehead atoms. The van der Waals surface area contributed by atoms with Crippen LogP contribution in [0.4, 0.5) is 0 Å². The lowest BCUT2D eigenvalue weighted by Gasteiger charge is -2.40. The molecule has 1 aromatic carbocycles. The molecule has 0 radical (unpaired) electrons. The van der Waals surface area contributed by atoms with Crippen LogP contribution in [0.1, 0.15) is 61.6 Å². The minimum absolute atomic E-state index is 0.202. The first-order valence-electron chi connectivity index (χ1n) is 9.58. The number of benzene rings is 1. The number of hydrogen-bond donors (Lipinski definition) is 0. The second-order valence-electron chi connectivity index (χ2n) is 7.45. The molecular weight excluding hydrogens is 308 g/mol. The van der Waals surface area contributed by atoms with Gasteiger partial charge in [0, 0.05) is 24.9 Å². The van der Waals surface area contributed by atoms with Crippen molar-refractivity contribution in [3.05, 3.63) is 66.0 Å². The molecule has 0 N–H and O–H groups in total. The van der Waals surface area contributed by atoms with Gasteiger partial charge in [0.15, 0.2) is 0 Å². The van der Waals surface area contributed by atoms with E-state index in [1.54, 1.807) is 0 Å². The van der Waals surface area contributed by atoms with Crippen LogP contribution in [0.15, 0.2) is 54.9 Å².